The largest absolute Gasteiger partial charge is 0.383 e. The molecule has 0 unspecified atom stereocenters. The second-order valence-corrected chi connectivity index (χ2v) is 10.6. The number of hydrogen-bond donors (Lipinski definition) is 0. The van der Waals surface area contributed by atoms with Crippen LogP contribution < -0.4 is 0 Å². The average molecular weight is 537 g/mol. The van der Waals surface area contributed by atoms with E-state index in [1.807, 2.05) is 39.9 Å². The molecule has 0 saturated carbocycles. The van der Waals surface area contributed by atoms with Gasteiger partial charge in [0.2, 0.25) is 5.91 Å². The second-order valence-electron chi connectivity index (χ2n) is 7.99. The quantitative estimate of drug-likeness (QED) is 0.398. The van der Waals surface area contributed by atoms with E-state index in [-0.39, 0.29) is 11.8 Å². The zero-order valence-electron chi connectivity index (χ0n) is 18.0. The van der Waals surface area contributed by atoms with Crippen LogP contribution >= 0.6 is 39.9 Å². The Hall–Kier alpha value is -1.68. The molecule has 0 radical (unpaired) electrons. The van der Waals surface area contributed by atoms with Crippen molar-refractivity contribution in [3.63, 3.8) is 0 Å². The molecule has 2 amide bonds. The fourth-order valence-electron chi connectivity index (χ4n) is 4.13. The maximum absolute atomic E-state index is 13.0. The van der Waals surface area contributed by atoms with Crippen LogP contribution in [-0.2, 0) is 20.9 Å². The van der Waals surface area contributed by atoms with Crippen molar-refractivity contribution >= 4 is 73.0 Å². The lowest BCUT2D eigenvalue weighted by molar-refractivity contribution is -0.131. The third-order valence-corrected chi connectivity index (χ3v) is 7.69. The number of aromatic nitrogens is 1. The van der Waals surface area contributed by atoms with Crippen molar-refractivity contribution in [1.29, 1.82) is 0 Å². The number of nitrogens with zero attached hydrogens (tertiary/aromatic N) is 3. The van der Waals surface area contributed by atoms with Gasteiger partial charge >= 0.3 is 0 Å². The summed E-state index contributed by atoms with van der Waals surface area (Å²) in [5.41, 5.74) is 1.87. The standard InChI is InChI=1S/C23H26BrN3O3S2/c1-30-11-10-27-22(29)20(32-23(27)31)12-16-14-26(19-7-6-17(24)13-18(16)19)15-21(28)25-8-4-2-3-5-9-25/h6-7,12-14H,2-5,8-11,15H2,1H3/b20-12-. The van der Waals surface area contributed by atoms with E-state index in [4.69, 9.17) is 17.0 Å². The van der Waals surface area contributed by atoms with E-state index < -0.39 is 0 Å². The normalized spacial score (nSPS) is 18.8. The summed E-state index contributed by atoms with van der Waals surface area (Å²) in [5, 5.41) is 0.991. The molecule has 0 atom stereocenters. The summed E-state index contributed by atoms with van der Waals surface area (Å²) in [4.78, 5) is 30.0. The van der Waals surface area contributed by atoms with Crippen molar-refractivity contribution in [1.82, 2.24) is 14.4 Å². The molecule has 6 nitrogen and oxygen atoms in total. The Morgan fingerprint density at radius 3 is 2.72 bits per heavy atom. The Morgan fingerprint density at radius 1 is 1.25 bits per heavy atom. The van der Waals surface area contributed by atoms with Crippen LogP contribution in [0.5, 0.6) is 0 Å². The highest BCUT2D eigenvalue weighted by Gasteiger charge is 2.32. The minimum Gasteiger partial charge on any atom is -0.383 e. The first-order valence-electron chi connectivity index (χ1n) is 10.8. The first kappa shape index (κ1) is 23.5. The highest BCUT2D eigenvalue weighted by atomic mass is 79.9. The summed E-state index contributed by atoms with van der Waals surface area (Å²) in [7, 11) is 1.60. The number of hydrogen-bond acceptors (Lipinski definition) is 5. The number of amides is 2. The molecule has 2 aromatic rings. The number of ether oxygens (including phenoxy) is 1. The summed E-state index contributed by atoms with van der Waals surface area (Å²) in [5.74, 6) is 0.0396. The van der Waals surface area contributed by atoms with Gasteiger partial charge < -0.3 is 14.2 Å². The molecule has 0 N–H and O–H groups in total. The van der Waals surface area contributed by atoms with Gasteiger partial charge in [-0.05, 0) is 37.1 Å². The van der Waals surface area contributed by atoms with Crippen LogP contribution in [-0.4, -0.2) is 63.9 Å². The highest BCUT2D eigenvalue weighted by molar-refractivity contribution is 9.10. The zero-order chi connectivity index (χ0) is 22.7. The lowest BCUT2D eigenvalue weighted by Gasteiger charge is -2.20. The van der Waals surface area contributed by atoms with Crippen LogP contribution in [0, 0.1) is 0 Å². The maximum atomic E-state index is 13.0. The van der Waals surface area contributed by atoms with E-state index in [2.05, 4.69) is 15.9 Å². The molecule has 2 aliphatic heterocycles. The lowest BCUT2D eigenvalue weighted by atomic mass is 10.1. The molecular weight excluding hydrogens is 510 g/mol. The fraction of sp³-hybridized carbons (Fsp3) is 0.435. The number of thiocarbonyl (C=S) groups is 1. The number of carbonyl (C=O) groups excluding carboxylic acids is 2. The van der Waals surface area contributed by atoms with Crippen LogP contribution in [0.3, 0.4) is 0 Å². The summed E-state index contributed by atoms with van der Waals surface area (Å²) in [6.07, 6.45) is 8.37. The van der Waals surface area contributed by atoms with Gasteiger partial charge in [0, 0.05) is 47.3 Å². The topological polar surface area (TPSA) is 54.8 Å². The lowest BCUT2D eigenvalue weighted by Crippen LogP contribution is -2.34. The molecule has 4 rings (SSSR count). The number of rotatable bonds is 6. The highest BCUT2D eigenvalue weighted by Crippen LogP contribution is 2.35. The Labute approximate surface area is 206 Å². The maximum Gasteiger partial charge on any atom is 0.266 e. The van der Waals surface area contributed by atoms with Crippen molar-refractivity contribution in [3.05, 3.63) is 39.3 Å². The minimum atomic E-state index is -0.103. The molecule has 0 aliphatic carbocycles. The molecule has 2 fully saturated rings. The summed E-state index contributed by atoms with van der Waals surface area (Å²) < 4.78 is 8.58. The number of benzene rings is 1. The number of methoxy groups -OCH3 is 1. The first-order valence-corrected chi connectivity index (χ1v) is 12.8. The SMILES string of the molecule is COCCN1C(=O)/C(=C/c2cn(CC(=O)N3CCCCCC3)c3ccc(Br)cc23)SC1=S. The second kappa shape index (κ2) is 10.5. The Balaban J connectivity index is 1.63. The fourth-order valence-corrected chi connectivity index (χ4v) is 5.79. The zero-order valence-corrected chi connectivity index (χ0v) is 21.2. The minimum absolute atomic E-state index is 0.103. The van der Waals surface area contributed by atoms with Crippen molar-refractivity contribution in [2.24, 2.45) is 0 Å². The van der Waals surface area contributed by atoms with Crippen LogP contribution in [0.15, 0.2) is 33.8 Å². The van der Waals surface area contributed by atoms with Gasteiger partial charge in [-0.3, -0.25) is 14.5 Å². The molecule has 9 heteroatoms. The predicted molar refractivity (Wildman–Crippen MR) is 136 cm³/mol. The number of likely N-dealkylation sites (tertiary alicyclic amines) is 1. The Morgan fingerprint density at radius 2 is 2.00 bits per heavy atom. The molecule has 1 aromatic heterocycles. The summed E-state index contributed by atoms with van der Waals surface area (Å²) >= 11 is 10.3. The number of halogens is 1. The van der Waals surface area contributed by atoms with E-state index in [0.717, 1.165) is 46.9 Å². The van der Waals surface area contributed by atoms with E-state index >= 15 is 0 Å². The van der Waals surface area contributed by atoms with Gasteiger partial charge in [-0.2, -0.15) is 0 Å². The van der Waals surface area contributed by atoms with Crippen LogP contribution in [0.25, 0.3) is 17.0 Å². The summed E-state index contributed by atoms with van der Waals surface area (Å²) in [6, 6.07) is 6.01. The van der Waals surface area contributed by atoms with Crippen molar-refractivity contribution in [2.75, 3.05) is 33.4 Å². The Bertz CT molecular complexity index is 1070. The smallest absolute Gasteiger partial charge is 0.266 e. The Kier molecular flexibility index (Phi) is 7.70. The third-order valence-electron chi connectivity index (χ3n) is 5.82. The molecule has 2 saturated heterocycles. The van der Waals surface area contributed by atoms with Gasteiger partial charge in [-0.15, -0.1) is 0 Å². The molecule has 2 aliphatic rings. The van der Waals surface area contributed by atoms with E-state index in [9.17, 15) is 9.59 Å². The van der Waals surface area contributed by atoms with E-state index in [1.54, 1.807) is 12.0 Å². The van der Waals surface area contributed by atoms with Crippen LogP contribution in [0.4, 0.5) is 0 Å². The average Bonchev–Trinajstić information content (AvgIpc) is 3.07. The van der Waals surface area contributed by atoms with Gasteiger partial charge in [0.15, 0.2) is 0 Å². The molecule has 0 spiro atoms. The van der Waals surface area contributed by atoms with Crippen molar-refractivity contribution < 1.29 is 14.3 Å². The molecule has 170 valence electrons. The van der Waals surface area contributed by atoms with Gasteiger partial charge in [0.25, 0.3) is 5.91 Å². The van der Waals surface area contributed by atoms with E-state index in [1.165, 1.54) is 24.6 Å². The van der Waals surface area contributed by atoms with E-state index in [0.29, 0.717) is 28.9 Å². The molecule has 0 bridgehead atoms. The molecule has 3 heterocycles. The van der Waals surface area contributed by atoms with Gasteiger partial charge in [-0.1, -0.05) is 52.8 Å². The number of thioether (sulfide) groups is 1. The van der Waals surface area contributed by atoms with Crippen molar-refractivity contribution in [3.8, 4) is 0 Å². The van der Waals surface area contributed by atoms with Crippen molar-refractivity contribution in [2.45, 2.75) is 32.2 Å². The third kappa shape index (κ3) is 5.11. The van der Waals surface area contributed by atoms with Gasteiger partial charge in [-0.25, -0.2) is 0 Å². The number of carbonyl (C=O) groups is 2. The van der Waals surface area contributed by atoms with Gasteiger partial charge in [0.05, 0.1) is 18.1 Å². The summed E-state index contributed by atoms with van der Waals surface area (Å²) in [6.45, 7) is 2.84. The molecular formula is C23H26BrN3O3S2. The predicted octanol–water partition coefficient (Wildman–Crippen LogP) is 4.65. The van der Waals surface area contributed by atoms with Gasteiger partial charge in [0.1, 0.15) is 10.9 Å². The van der Waals surface area contributed by atoms with Crippen LogP contribution in [0.2, 0.25) is 0 Å². The monoisotopic (exact) mass is 535 g/mol. The first-order chi connectivity index (χ1) is 15.5. The number of fused-ring (bicyclic) bond motifs is 1. The molecule has 1 aromatic carbocycles. The molecule has 32 heavy (non-hydrogen) atoms. The van der Waals surface area contributed by atoms with Crippen LogP contribution in [0.1, 0.15) is 31.2 Å².